The zero-order valence-corrected chi connectivity index (χ0v) is 15.0. The van der Waals surface area contributed by atoms with Crippen molar-refractivity contribution in [2.75, 3.05) is 19.0 Å². The number of benzene rings is 2. The quantitative estimate of drug-likeness (QED) is 0.799. The van der Waals surface area contributed by atoms with E-state index in [1.54, 1.807) is 31.4 Å². The first-order chi connectivity index (χ1) is 11.0. The van der Waals surface area contributed by atoms with Crippen molar-refractivity contribution in [1.82, 2.24) is 0 Å². The van der Waals surface area contributed by atoms with Gasteiger partial charge in [0, 0.05) is 10.2 Å². The molecule has 5 heteroatoms. The summed E-state index contributed by atoms with van der Waals surface area (Å²) in [6.07, 6.45) is 0. The van der Waals surface area contributed by atoms with Crippen molar-refractivity contribution in [3.8, 4) is 11.5 Å². The van der Waals surface area contributed by atoms with Gasteiger partial charge in [-0.2, -0.15) is 0 Å². The van der Waals surface area contributed by atoms with Gasteiger partial charge in [-0.1, -0.05) is 29.8 Å². The van der Waals surface area contributed by atoms with Crippen LogP contribution in [0.25, 0.3) is 0 Å². The molecular formula is C18H20BrNO3. The second kappa shape index (κ2) is 8.02. The summed E-state index contributed by atoms with van der Waals surface area (Å²) >= 11 is 3.46. The molecule has 0 heterocycles. The number of nitrogens with one attached hydrogen (secondary N) is 1. The SMILES string of the molecule is COc1ccc(NC(=O)COc2ccc(Br)cc2C(C)C)cc1. The molecule has 0 spiro atoms. The maximum Gasteiger partial charge on any atom is 0.262 e. The molecule has 0 bridgehead atoms. The molecule has 2 aromatic rings. The Kier molecular flexibility index (Phi) is 6.04. The van der Waals surface area contributed by atoms with Crippen LogP contribution < -0.4 is 14.8 Å². The average Bonchev–Trinajstić information content (AvgIpc) is 2.54. The number of carbonyl (C=O) groups is 1. The van der Waals surface area contributed by atoms with Crippen LogP contribution in [0.1, 0.15) is 25.3 Å². The summed E-state index contributed by atoms with van der Waals surface area (Å²) in [6.45, 7) is 4.14. The Hall–Kier alpha value is -2.01. The fraction of sp³-hybridized carbons (Fsp3) is 0.278. The number of methoxy groups -OCH3 is 1. The second-order valence-corrected chi connectivity index (χ2v) is 6.32. The van der Waals surface area contributed by atoms with Crippen molar-refractivity contribution in [3.63, 3.8) is 0 Å². The van der Waals surface area contributed by atoms with Gasteiger partial charge in [-0.25, -0.2) is 0 Å². The lowest BCUT2D eigenvalue weighted by Crippen LogP contribution is -2.20. The number of hydrogen-bond donors (Lipinski definition) is 1. The molecule has 0 radical (unpaired) electrons. The van der Waals surface area contributed by atoms with Crippen LogP contribution >= 0.6 is 15.9 Å². The standard InChI is InChI=1S/C18H20BrNO3/c1-12(2)16-10-13(19)4-9-17(16)23-11-18(21)20-14-5-7-15(22-3)8-6-14/h4-10,12H,11H2,1-3H3,(H,20,21). The molecule has 2 rings (SSSR count). The third-order valence-electron chi connectivity index (χ3n) is 3.33. The van der Waals surface area contributed by atoms with Crippen LogP contribution in [-0.4, -0.2) is 19.6 Å². The van der Waals surface area contributed by atoms with E-state index in [9.17, 15) is 4.79 Å². The summed E-state index contributed by atoms with van der Waals surface area (Å²) in [5.41, 5.74) is 1.77. The van der Waals surface area contributed by atoms with E-state index in [2.05, 4.69) is 35.1 Å². The first kappa shape index (κ1) is 17.3. The Morgan fingerprint density at radius 2 is 1.87 bits per heavy atom. The molecule has 23 heavy (non-hydrogen) atoms. The molecule has 2 aromatic carbocycles. The fourth-order valence-electron chi connectivity index (χ4n) is 2.12. The van der Waals surface area contributed by atoms with E-state index in [0.29, 0.717) is 11.6 Å². The van der Waals surface area contributed by atoms with Gasteiger partial charge >= 0.3 is 0 Å². The van der Waals surface area contributed by atoms with Crippen LogP contribution in [0.3, 0.4) is 0 Å². The molecule has 0 aliphatic heterocycles. The highest BCUT2D eigenvalue weighted by molar-refractivity contribution is 9.10. The van der Waals surface area contributed by atoms with Gasteiger partial charge in [0.05, 0.1) is 7.11 Å². The van der Waals surface area contributed by atoms with Crippen molar-refractivity contribution in [1.29, 1.82) is 0 Å². The predicted molar refractivity (Wildman–Crippen MR) is 95.3 cm³/mol. The molecule has 0 aliphatic rings. The minimum atomic E-state index is -0.201. The highest BCUT2D eigenvalue weighted by Gasteiger charge is 2.11. The van der Waals surface area contributed by atoms with Crippen LogP contribution in [-0.2, 0) is 4.79 Å². The summed E-state index contributed by atoms with van der Waals surface area (Å²) in [7, 11) is 1.60. The van der Waals surface area contributed by atoms with Crippen LogP contribution in [0.4, 0.5) is 5.69 Å². The predicted octanol–water partition coefficient (Wildman–Crippen LogP) is 4.60. The second-order valence-electron chi connectivity index (χ2n) is 5.40. The van der Waals surface area contributed by atoms with E-state index in [1.165, 1.54) is 0 Å². The summed E-state index contributed by atoms with van der Waals surface area (Å²) in [5.74, 6) is 1.59. The van der Waals surface area contributed by atoms with Crippen molar-refractivity contribution < 1.29 is 14.3 Å². The van der Waals surface area contributed by atoms with E-state index < -0.39 is 0 Å². The lowest BCUT2D eigenvalue weighted by molar-refractivity contribution is -0.118. The van der Waals surface area contributed by atoms with Gasteiger partial charge in [-0.15, -0.1) is 0 Å². The minimum absolute atomic E-state index is 0.0343. The van der Waals surface area contributed by atoms with Crippen LogP contribution in [0, 0.1) is 0 Å². The Morgan fingerprint density at radius 3 is 2.48 bits per heavy atom. The summed E-state index contributed by atoms with van der Waals surface area (Å²) in [5, 5.41) is 2.79. The highest BCUT2D eigenvalue weighted by atomic mass is 79.9. The van der Waals surface area contributed by atoms with E-state index in [0.717, 1.165) is 21.5 Å². The lowest BCUT2D eigenvalue weighted by atomic mass is 10.0. The van der Waals surface area contributed by atoms with Gasteiger partial charge in [-0.3, -0.25) is 4.79 Å². The highest BCUT2D eigenvalue weighted by Crippen LogP contribution is 2.29. The molecule has 0 aromatic heterocycles. The first-order valence-electron chi connectivity index (χ1n) is 7.35. The fourth-order valence-corrected chi connectivity index (χ4v) is 2.50. The molecule has 0 atom stereocenters. The van der Waals surface area contributed by atoms with Gasteiger partial charge in [0.2, 0.25) is 0 Å². The maximum atomic E-state index is 12.0. The smallest absolute Gasteiger partial charge is 0.262 e. The molecule has 4 nitrogen and oxygen atoms in total. The molecule has 0 aliphatic carbocycles. The number of hydrogen-bond acceptors (Lipinski definition) is 3. The van der Waals surface area contributed by atoms with Gasteiger partial charge in [0.1, 0.15) is 11.5 Å². The summed E-state index contributed by atoms with van der Waals surface area (Å²) in [6, 6.07) is 13.0. The normalized spacial score (nSPS) is 10.5. The Balaban J connectivity index is 1.96. The molecule has 1 amide bonds. The zero-order valence-electron chi connectivity index (χ0n) is 13.4. The monoisotopic (exact) mass is 377 g/mol. The molecular weight excluding hydrogens is 358 g/mol. The van der Waals surface area contributed by atoms with E-state index in [-0.39, 0.29) is 12.5 Å². The number of amides is 1. The summed E-state index contributed by atoms with van der Waals surface area (Å²) < 4.78 is 11.8. The number of carbonyl (C=O) groups excluding carboxylic acids is 1. The molecule has 1 N–H and O–H groups in total. The molecule has 0 fully saturated rings. The number of rotatable bonds is 6. The lowest BCUT2D eigenvalue weighted by Gasteiger charge is -2.14. The number of halogens is 1. The first-order valence-corrected chi connectivity index (χ1v) is 8.15. The van der Waals surface area contributed by atoms with Crippen molar-refractivity contribution >= 4 is 27.5 Å². The largest absolute Gasteiger partial charge is 0.497 e. The zero-order chi connectivity index (χ0) is 16.8. The van der Waals surface area contributed by atoms with Crippen LogP contribution in [0.2, 0.25) is 0 Å². The average molecular weight is 378 g/mol. The van der Waals surface area contributed by atoms with Crippen molar-refractivity contribution in [2.24, 2.45) is 0 Å². The van der Waals surface area contributed by atoms with Gasteiger partial charge in [0.15, 0.2) is 6.61 Å². The Labute approximate surface area is 144 Å². The molecule has 0 saturated heterocycles. The van der Waals surface area contributed by atoms with E-state index in [4.69, 9.17) is 9.47 Å². The van der Waals surface area contributed by atoms with Crippen LogP contribution in [0.15, 0.2) is 46.9 Å². The van der Waals surface area contributed by atoms with E-state index in [1.807, 2.05) is 18.2 Å². The summed E-state index contributed by atoms with van der Waals surface area (Å²) in [4.78, 5) is 12.0. The Morgan fingerprint density at radius 1 is 1.17 bits per heavy atom. The van der Waals surface area contributed by atoms with Gasteiger partial charge < -0.3 is 14.8 Å². The molecule has 122 valence electrons. The molecule has 0 unspecified atom stereocenters. The number of anilines is 1. The minimum Gasteiger partial charge on any atom is -0.497 e. The maximum absolute atomic E-state index is 12.0. The van der Waals surface area contributed by atoms with Crippen molar-refractivity contribution in [2.45, 2.75) is 19.8 Å². The topological polar surface area (TPSA) is 47.6 Å². The van der Waals surface area contributed by atoms with E-state index >= 15 is 0 Å². The van der Waals surface area contributed by atoms with Gasteiger partial charge in [-0.05, 0) is 53.9 Å². The number of ether oxygens (including phenoxy) is 2. The third-order valence-corrected chi connectivity index (χ3v) is 3.82. The van der Waals surface area contributed by atoms with Gasteiger partial charge in [0.25, 0.3) is 5.91 Å². The van der Waals surface area contributed by atoms with Crippen molar-refractivity contribution in [3.05, 3.63) is 52.5 Å². The molecule has 0 saturated carbocycles. The van der Waals surface area contributed by atoms with Crippen LogP contribution in [0.5, 0.6) is 11.5 Å². The third kappa shape index (κ3) is 4.99. The Bertz CT molecular complexity index is 668.